The van der Waals surface area contributed by atoms with Gasteiger partial charge < -0.3 is 15.2 Å². The lowest BCUT2D eigenvalue weighted by Crippen LogP contribution is -2.12. The van der Waals surface area contributed by atoms with E-state index in [4.69, 9.17) is 21.4 Å². The summed E-state index contributed by atoms with van der Waals surface area (Å²) in [5.74, 6) is 0.450. The molecule has 0 aliphatic rings. The van der Waals surface area contributed by atoms with Crippen molar-refractivity contribution in [2.75, 3.05) is 19.0 Å². The lowest BCUT2D eigenvalue weighted by Gasteiger charge is -2.08. The molecule has 1 aromatic rings. The van der Waals surface area contributed by atoms with E-state index in [0.29, 0.717) is 22.9 Å². The quantitative estimate of drug-likeness (QED) is 0.832. The number of rotatable bonds is 5. The zero-order chi connectivity index (χ0) is 12.0. The van der Waals surface area contributed by atoms with Gasteiger partial charge in [0.25, 0.3) is 0 Å². The number of carbonyl (C=O) groups is 1. The van der Waals surface area contributed by atoms with E-state index in [1.54, 1.807) is 25.3 Å². The molecule has 0 saturated heterocycles. The molecule has 16 heavy (non-hydrogen) atoms. The van der Waals surface area contributed by atoms with Gasteiger partial charge in [0.15, 0.2) is 0 Å². The molecule has 0 radical (unpaired) electrons. The molecule has 2 N–H and O–H groups in total. The van der Waals surface area contributed by atoms with Crippen molar-refractivity contribution in [3.63, 3.8) is 0 Å². The molecule has 5 heteroatoms. The first-order valence-electron chi connectivity index (χ1n) is 4.91. The minimum absolute atomic E-state index is 0.000731. The second-order valence-electron chi connectivity index (χ2n) is 3.22. The normalized spacial score (nSPS) is 9.94. The van der Waals surface area contributed by atoms with E-state index in [9.17, 15) is 4.79 Å². The third-order valence-corrected chi connectivity index (χ3v) is 2.34. The Kier molecular flexibility index (Phi) is 5.08. The first-order valence-corrected chi connectivity index (χ1v) is 5.29. The van der Waals surface area contributed by atoms with Crippen molar-refractivity contribution >= 4 is 23.2 Å². The van der Waals surface area contributed by atoms with Crippen LogP contribution in [0.5, 0.6) is 5.75 Å². The number of hydrogen-bond acceptors (Lipinski definition) is 3. The van der Waals surface area contributed by atoms with Crippen LogP contribution in [-0.4, -0.2) is 24.7 Å². The average Bonchev–Trinajstić information content (AvgIpc) is 2.29. The number of amides is 1. The number of ether oxygens (including phenoxy) is 1. The number of hydrogen-bond donors (Lipinski definition) is 2. The SMILES string of the molecule is COc1ccc(Cl)c(NC(=O)CCCO)c1. The predicted octanol–water partition coefficient (Wildman–Crippen LogP) is 2.06. The molecule has 0 aliphatic carbocycles. The van der Waals surface area contributed by atoms with Crippen LogP contribution in [0.4, 0.5) is 5.69 Å². The Labute approximate surface area is 99.2 Å². The highest BCUT2D eigenvalue weighted by atomic mass is 35.5. The maximum absolute atomic E-state index is 11.4. The summed E-state index contributed by atoms with van der Waals surface area (Å²) in [6.45, 7) is -0.000731. The van der Waals surface area contributed by atoms with Crippen LogP contribution in [0.3, 0.4) is 0 Å². The van der Waals surface area contributed by atoms with Gasteiger partial charge in [0.05, 0.1) is 17.8 Å². The maximum Gasteiger partial charge on any atom is 0.224 e. The second-order valence-corrected chi connectivity index (χ2v) is 3.63. The van der Waals surface area contributed by atoms with Crippen molar-refractivity contribution in [2.45, 2.75) is 12.8 Å². The predicted molar refractivity (Wildman–Crippen MR) is 63.0 cm³/mol. The molecule has 4 nitrogen and oxygen atoms in total. The number of methoxy groups -OCH3 is 1. The van der Waals surface area contributed by atoms with Crippen LogP contribution >= 0.6 is 11.6 Å². The topological polar surface area (TPSA) is 58.6 Å². The maximum atomic E-state index is 11.4. The highest BCUT2D eigenvalue weighted by Crippen LogP contribution is 2.26. The lowest BCUT2D eigenvalue weighted by molar-refractivity contribution is -0.116. The summed E-state index contributed by atoms with van der Waals surface area (Å²) in [5.41, 5.74) is 0.518. The minimum Gasteiger partial charge on any atom is -0.497 e. The molecule has 88 valence electrons. The van der Waals surface area contributed by atoms with Crippen LogP contribution < -0.4 is 10.1 Å². The molecule has 0 aromatic heterocycles. The Morgan fingerprint density at radius 2 is 2.31 bits per heavy atom. The van der Waals surface area contributed by atoms with Crippen LogP contribution in [0.25, 0.3) is 0 Å². The van der Waals surface area contributed by atoms with Crippen LogP contribution in [0, 0.1) is 0 Å². The van der Waals surface area contributed by atoms with Crippen molar-refractivity contribution < 1.29 is 14.6 Å². The highest BCUT2D eigenvalue weighted by molar-refractivity contribution is 6.33. The summed E-state index contributed by atoms with van der Waals surface area (Å²) in [6, 6.07) is 5.02. The van der Waals surface area contributed by atoms with Crippen molar-refractivity contribution in [1.82, 2.24) is 0 Å². The van der Waals surface area contributed by atoms with Gasteiger partial charge in [-0.2, -0.15) is 0 Å². The molecule has 0 bridgehead atoms. The van der Waals surface area contributed by atoms with Crippen LogP contribution in [-0.2, 0) is 4.79 Å². The van der Waals surface area contributed by atoms with E-state index in [-0.39, 0.29) is 18.9 Å². The van der Waals surface area contributed by atoms with E-state index in [1.807, 2.05) is 0 Å². The van der Waals surface area contributed by atoms with Gasteiger partial charge in [-0.05, 0) is 18.6 Å². The van der Waals surface area contributed by atoms with E-state index in [0.717, 1.165) is 0 Å². The number of carbonyl (C=O) groups excluding carboxylic acids is 1. The summed E-state index contributed by atoms with van der Waals surface area (Å²) in [5, 5.41) is 11.7. The number of benzene rings is 1. The highest BCUT2D eigenvalue weighted by Gasteiger charge is 2.06. The fourth-order valence-corrected chi connectivity index (χ4v) is 1.34. The van der Waals surface area contributed by atoms with Crippen LogP contribution in [0.2, 0.25) is 5.02 Å². The zero-order valence-corrected chi connectivity index (χ0v) is 9.75. The smallest absolute Gasteiger partial charge is 0.224 e. The average molecular weight is 244 g/mol. The van der Waals surface area contributed by atoms with Crippen LogP contribution in [0.15, 0.2) is 18.2 Å². The summed E-state index contributed by atoms with van der Waals surface area (Å²) < 4.78 is 5.02. The summed E-state index contributed by atoms with van der Waals surface area (Å²) in [7, 11) is 1.54. The third kappa shape index (κ3) is 3.72. The van der Waals surface area contributed by atoms with Gasteiger partial charge >= 0.3 is 0 Å². The van der Waals surface area contributed by atoms with Gasteiger partial charge in [-0.25, -0.2) is 0 Å². The first kappa shape index (κ1) is 12.8. The molecule has 0 saturated carbocycles. The van der Waals surface area contributed by atoms with E-state index < -0.39 is 0 Å². The number of aliphatic hydroxyl groups is 1. The van der Waals surface area contributed by atoms with Crippen molar-refractivity contribution in [3.05, 3.63) is 23.2 Å². The monoisotopic (exact) mass is 243 g/mol. The Morgan fingerprint density at radius 1 is 1.56 bits per heavy atom. The minimum atomic E-state index is -0.177. The first-order chi connectivity index (χ1) is 7.67. The summed E-state index contributed by atoms with van der Waals surface area (Å²) in [6.07, 6.45) is 0.706. The van der Waals surface area contributed by atoms with Gasteiger partial charge in [0.1, 0.15) is 5.75 Å². The lowest BCUT2D eigenvalue weighted by atomic mass is 10.2. The molecular formula is C11H14ClNO3. The second kappa shape index (κ2) is 6.35. The fourth-order valence-electron chi connectivity index (χ4n) is 1.18. The molecule has 0 atom stereocenters. The number of anilines is 1. The molecule has 0 spiro atoms. The molecule has 1 rings (SSSR count). The van der Waals surface area contributed by atoms with Crippen LogP contribution in [0.1, 0.15) is 12.8 Å². The van der Waals surface area contributed by atoms with E-state index in [2.05, 4.69) is 5.32 Å². The Balaban J connectivity index is 2.68. The fraction of sp³-hybridized carbons (Fsp3) is 0.364. The molecule has 0 fully saturated rings. The van der Waals surface area contributed by atoms with Crippen molar-refractivity contribution in [2.24, 2.45) is 0 Å². The Hall–Kier alpha value is -1.26. The number of nitrogens with one attached hydrogen (secondary N) is 1. The Bertz CT molecular complexity index is 368. The molecule has 0 aliphatic heterocycles. The Morgan fingerprint density at radius 3 is 2.94 bits per heavy atom. The van der Waals surface area contributed by atoms with E-state index >= 15 is 0 Å². The van der Waals surface area contributed by atoms with Crippen molar-refractivity contribution in [3.8, 4) is 5.75 Å². The van der Waals surface area contributed by atoms with Gasteiger partial charge in [0.2, 0.25) is 5.91 Å². The largest absolute Gasteiger partial charge is 0.497 e. The molecule has 1 amide bonds. The standard InChI is InChI=1S/C11H14ClNO3/c1-16-8-4-5-9(12)10(7-8)13-11(15)3-2-6-14/h4-5,7,14H,2-3,6H2,1H3,(H,13,15). The zero-order valence-electron chi connectivity index (χ0n) is 9.00. The number of aliphatic hydroxyl groups excluding tert-OH is 1. The molecular weight excluding hydrogens is 230 g/mol. The molecule has 0 heterocycles. The number of halogens is 1. The van der Waals surface area contributed by atoms with Gasteiger partial charge in [-0.1, -0.05) is 11.6 Å². The summed E-state index contributed by atoms with van der Waals surface area (Å²) >= 11 is 5.91. The molecule has 1 aromatic carbocycles. The third-order valence-electron chi connectivity index (χ3n) is 2.01. The van der Waals surface area contributed by atoms with Gasteiger partial charge in [-0.15, -0.1) is 0 Å². The van der Waals surface area contributed by atoms with Gasteiger partial charge in [0, 0.05) is 19.1 Å². The summed E-state index contributed by atoms with van der Waals surface area (Å²) in [4.78, 5) is 11.4. The molecule has 0 unspecified atom stereocenters. The van der Waals surface area contributed by atoms with Crippen molar-refractivity contribution in [1.29, 1.82) is 0 Å². The van der Waals surface area contributed by atoms with Gasteiger partial charge in [-0.3, -0.25) is 4.79 Å². The van der Waals surface area contributed by atoms with E-state index in [1.165, 1.54) is 0 Å².